The Morgan fingerprint density at radius 3 is 2.70 bits per heavy atom. The van der Waals surface area contributed by atoms with Crippen LogP contribution in [0.1, 0.15) is 17.4 Å². The molecule has 0 radical (unpaired) electrons. The van der Waals surface area contributed by atoms with Crippen LogP contribution in [-0.2, 0) is 17.9 Å². The Labute approximate surface area is 142 Å². The van der Waals surface area contributed by atoms with E-state index in [2.05, 4.69) is 52.2 Å². The minimum Gasteiger partial charge on any atom is -0.376 e. The number of ether oxygens (including phenoxy) is 1. The maximum absolute atomic E-state index is 5.77. The monoisotopic (exact) mass is 331 g/mol. The van der Waals surface area contributed by atoms with Crippen molar-refractivity contribution < 1.29 is 4.74 Å². The Morgan fingerprint density at radius 2 is 2.00 bits per heavy atom. The van der Waals surface area contributed by atoms with Gasteiger partial charge in [-0.15, -0.1) is 11.3 Å². The van der Waals surface area contributed by atoms with Crippen LogP contribution >= 0.6 is 11.3 Å². The number of nitrogens with one attached hydrogen (secondary N) is 2. The second-order valence-electron chi connectivity index (χ2n) is 5.49. The molecule has 23 heavy (non-hydrogen) atoms. The van der Waals surface area contributed by atoms with E-state index < -0.39 is 0 Å². The molecule has 4 nitrogen and oxygen atoms in total. The van der Waals surface area contributed by atoms with Gasteiger partial charge in [0.2, 0.25) is 0 Å². The Kier molecular flexibility index (Phi) is 7.63. The third-order valence-corrected chi connectivity index (χ3v) is 4.24. The first kappa shape index (κ1) is 17.5. The predicted molar refractivity (Wildman–Crippen MR) is 97.8 cm³/mol. The van der Waals surface area contributed by atoms with Crippen LogP contribution in [0, 0.1) is 5.92 Å². The fourth-order valence-corrected chi connectivity index (χ4v) is 2.73. The molecule has 0 aliphatic heterocycles. The quantitative estimate of drug-likeness (QED) is 0.576. The lowest BCUT2D eigenvalue weighted by molar-refractivity contribution is 0.0931. The molecule has 0 aliphatic rings. The second-order valence-corrected chi connectivity index (χ2v) is 6.52. The second kappa shape index (κ2) is 10.0. The fraction of sp³-hybridized carbons (Fsp3) is 0.389. The van der Waals surface area contributed by atoms with Gasteiger partial charge in [0, 0.05) is 18.5 Å². The van der Waals surface area contributed by atoms with E-state index in [1.54, 1.807) is 18.4 Å². The van der Waals surface area contributed by atoms with Crippen LogP contribution in [0.15, 0.2) is 52.8 Å². The molecule has 1 atom stereocenters. The fourth-order valence-electron chi connectivity index (χ4n) is 2.09. The Hall–Kier alpha value is -1.85. The van der Waals surface area contributed by atoms with E-state index in [9.17, 15) is 0 Å². The minimum atomic E-state index is 0.416. The molecule has 0 saturated heterocycles. The molecule has 5 heteroatoms. The van der Waals surface area contributed by atoms with Crippen LogP contribution in [-0.4, -0.2) is 26.2 Å². The van der Waals surface area contributed by atoms with Gasteiger partial charge in [-0.25, -0.2) is 0 Å². The molecule has 124 valence electrons. The van der Waals surface area contributed by atoms with Crippen molar-refractivity contribution in [2.45, 2.75) is 20.1 Å². The van der Waals surface area contributed by atoms with Gasteiger partial charge >= 0.3 is 0 Å². The van der Waals surface area contributed by atoms with Crippen LogP contribution in [0.25, 0.3) is 0 Å². The first-order chi connectivity index (χ1) is 11.3. The van der Waals surface area contributed by atoms with E-state index in [0.717, 1.165) is 25.7 Å². The van der Waals surface area contributed by atoms with Crippen LogP contribution in [0.3, 0.4) is 0 Å². The van der Waals surface area contributed by atoms with Crippen molar-refractivity contribution in [3.8, 4) is 0 Å². The molecule has 0 saturated carbocycles. The van der Waals surface area contributed by atoms with Crippen molar-refractivity contribution in [1.82, 2.24) is 10.6 Å². The summed E-state index contributed by atoms with van der Waals surface area (Å²) in [5.74, 6) is 1.24. The van der Waals surface area contributed by atoms with Crippen LogP contribution in [0.4, 0.5) is 0 Å². The van der Waals surface area contributed by atoms with Crippen molar-refractivity contribution in [1.29, 1.82) is 0 Å². The summed E-state index contributed by atoms with van der Waals surface area (Å²) < 4.78 is 5.77. The molecular weight excluding hydrogens is 306 g/mol. The molecule has 2 N–H and O–H groups in total. The average molecular weight is 331 g/mol. The van der Waals surface area contributed by atoms with Crippen molar-refractivity contribution in [2.75, 3.05) is 20.2 Å². The van der Waals surface area contributed by atoms with Gasteiger partial charge in [0.05, 0.1) is 19.8 Å². The summed E-state index contributed by atoms with van der Waals surface area (Å²) in [5.41, 5.74) is 1.21. The zero-order chi connectivity index (χ0) is 16.3. The zero-order valence-electron chi connectivity index (χ0n) is 13.8. The molecule has 1 unspecified atom stereocenters. The molecule has 0 amide bonds. The maximum Gasteiger partial charge on any atom is 0.191 e. The lowest BCUT2D eigenvalue weighted by atomic mass is 10.2. The number of benzene rings is 1. The summed E-state index contributed by atoms with van der Waals surface area (Å²) >= 11 is 1.74. The van der Waals surface area contributed by atoms with Gasteiger partial charge in [-0.1, -0.05) is 43.3 Å². The van der Waals surface area contributed by atoms with E-state index in [0.29, 0.717) is 12.5 Å². The molecule has 2 aromatic rings. The largest absolute Gasteiger partial charge is 0.376 e. The molecule has 0 fully saturated rings. The topological polar surface area (TPSA) is 45.7 Å². The predicted octanol–water partition coefficient (Wildman–Crippen LogP) is 3.27. The van der Waals surface area contributed by atoms with Gasteiger partial charge in [-0.2, -0.15) is 0 Å². The number of nitrogens with zero attached hydrogens (tertiary/aromatic N) is 1. The van der Waals surface area contributed by atoms with Crippen molar-refractivity contribution in [2.24, 2.45) is 10.9 Å². The summed E-state index contributed by atoms with van der Waals surface area (Å²) in [4.78, 5) is 5.54. The SMILES string of the molecule is CN=C(NCc1cccs1)NCC(C)COCc1ccccc1. The van der Waals surface area contributed by atoms with Gasteiger partial charge in [-0.05, 0) is 22.9 Å². The van der Waals surface area contributed by atoms with E-state index in [1.165, 1.54) is 10.4 Å². The highest BCUT2D eigenvalue weighted by atomic mass is 32.1. The standard InChI is InChI=1S/C18H25N3OS/c1-15(13-22-14-16-7-4-3-5-8-16)11-20-18(19-2)21-12-17-9-6-10-23-17/h3-10,15H,11-14H2,1-2H3,(H2,19,20,21). The Balaban J connectivity index is 1.61. The smallest absolute Gasteiger partial charge is 0.191 e. The number of guanidine groups is 1. The highest BCUT2D eigenvalue weighted by Gasteiger charge is 2.05. The molecule has 2 rings (SSSR count). The number of thiophene rings is 1. The first-order valence-electron chi connectivity index (χ1n) is 7.86. The first-order valence-corrected chi connectivity index (χ1v) is 8.74. The molecule has 1 aromatic heterocycles. The van der Waals surface area contributed by atoms with Gasteiger partial charge in [0.25, 0.3) is 0 Å². The number of hydrogen-bond acceptors (Lipinski definition) is 3. The lowest BCUT2D eigenvalue weighted by Crippen LogP contribution is -2.39. The third-order valence-electron chi connectivity index (χ3n) is 3.37. The van der Waals surface area contributed by atoms with Crippen LogP contribution in [0.5, 0.6) is 0 Å². The van der Waals surface area contributed by atoms with Crippen molar-refractivity contribution in [3.05, 3.63) is 58.3 Å². The molecular formula is C18H25N3OS. The Morgan fingerprint density at radius 1 is 1.17 bits per heavy atom. The van der Waals surface area contributed by atoms with Crippen molar-refractivity contribution in [3.63, 3.8) is 0 Å². The number of rotatable bonds is 8. The average Bonchev–Trinajstić information content (AvgIpc) is 3.09. The zero-order valence-corrected chi connectivity index (χ0v) is 14.6. The van der Waals surface area contributed by atoms with Crippen LogP contribution in [0.2, 0.25) is 0 Å². The summed E-state index contributed by atoms with van der Waals surface area (Å²) in [6, 6.07) is 14.4. The summed E-state index contributed by atoms with van der Waals surface area (Å²) in [6.45, 7) is 5.19. The summed E-state index contributed by atoms with van der Waals surface area (Å²) in [6.07, 6.45) is 0. The molecule has 0 spiro atoms. The number of aliphatic imine (C=N–C) groups is 1. The molecule has 0 bridgehead atoms. The summed E-state index contributed by atoms with van der Waals surface area (Å²) in [5, 5.41) is 8.74. The third kappa shape index (κ3) is 6.84. The van der Waals surface area contributed by atoms with E-state index in [-0.39, 0.29) is 0 Å². The van der Waals surface area contributed by atoms with Gasteiger partial charge in [-0.3, -0.25) is 4.99 Å². The molecule has 1 heterocycles. The van der Waals surface area contributed by atoms with Gasteiger partial charge in [0.15, 0.2) is 5.96 Å². The molecule has 1 aromatic carbocycles. The van der Waals surface area contributed by atoms with Gasteiger partial charge in [0.1, 0.15) is 0 Å². The number of hydrogen-bond donors (Lipinski definition) is 2. The minimum absolute atomic E-state index is 0.416. The normalized spacial score (nSPS) is 12.9. The maximum atomic E-state index is 5.77. The van der Waals surface area contributed by atoms with Crippen molar-refractivity contribution >= 4 is 17.3 Å². The Bertz CT molecular complexity index is 569. The van der Waals surface area contributed by atoms with Gasteiger partial charge < -0.3 is 15.4 Å². The van der Waals surface area contributed by atoms with Crippen LogP contribution < -0.4 is 10.6 Å². The lowest BCUT2D eigenvalue weighted by Gasteiger charge is -2.16. The summed E-state index contributed by atoms with van der Waals surface area (Å²) in [7, 11) is 1.79. The van der Waals surface area contributed by atoms with E-state index in [1.807, 2.05) is 18.2 Å². The van der Waals surface area contributed by atoms with E-state index >= 15 is 0 Å². The molecule has 0 aliphatic carbocycles. The highest BCUT2D eigenvalue weighted by Crippen LogP contribution is 2.07. The van der Waals surface area contributed by atoms with E-state index in [4.69, 9.17) is 4.74 Å². The highest BCUT2D eigenvalue weighted by molar-refractivity contribution is 7.09.